The Morgan fingerprint density at radius 1 is 0.898 bits per heavy atom. The smallest absolute Gasteiger partial charge is 0.407 e. The first-order valence-corrected chi connectivity index (χ1v) is 20.6. The second-order valence-corrected chi connectivity index (χ2v) is 16.0. The molecular weight excluding hydrogens is 752 g/mol. The first-order chi connectivity index (χ1) is 28.7. The van der Waals surface area contributed by atoms with E-state index in [-0.39, 0.29) is 43.3 Å². The van der Waals surface area contributed by atoms with Crippen LogP contribution in [0.5, 0.6) is 0 Å². The zero-order chi connectivity index (χ0) is 40.9. The number of carboxylic acid groups (broad SMARTS) is 1. The summed E-state index contributed by atoms with van der Waals surface area (Å²) in [6.45, 7) is 2.09. The van der Waals surface area contributed by atoms with Crippen LogP contribution in [0.2, 0.25) is 0 Å². The van der Waals surface area contributed by atoms with Crippen LogP contribution in [0.4, 0.5) is 25.4 Å². The number of alkyl carbamates (subject to hydrolysis) is 1. The number of carbonyl (C=O) groups excluding carboxylic acids is 3. The normalized spacial score (nSPS) is 18.9. The lowest BCUT2D eigenvalue weighted by Gasteiger charge is -2.44. The molecule has 13 heteroatoms. The van der Waals surface area contributed by atoms with Gasteiger partial charge in [0.05, 0.1) is 6.04 Å². The molecular formula is C46H49FN6O6. The highest BCUT2D eigenvalue weighted by Gasteiger charge is 2.53. The standard InChI is InChI=1S/C46H49FN6O6/c47-31-9-8-12-34(27-31)53-44(57)51-43(49-32-10-2-1-3-11-32)46(53)23-25-52(26-24-46)28-30-17-19-33(20-18-30)48-41(54)22-21-40(42(55)56)50-45(58)59-29-39-37-15-6-4-13-35(37)36-14-5-7-16-38(36)39/h4-9,12-20,27,32,39-40H,1-3,10-11,21-26,28-29H2,(H,48,54)(H,50,58)(H,55,56)(H,49,51,57)/t40-/m0/s1. The van der Waals surface area contributed by atoms with Gasteiger partial charge in [-0.2, -0.15) is 0 Å². The minimum Gasteiger partial charge on any atom is -0.480 e. The number of likely N-dealkylation sites (tertiary alicyclic amines) is 1. The molecule has 0 radical (unpaired) electrons. The summed E-state index contributed by atoms with van der Waals surface area (Å²) in [7, 11) is 0. The van der Waals surface area contributed by atoms with Crippen molar-refractivity contribution in [2.75, 3.05) is 29.9 Å². The van der Waals surface area contributed by atoms with Crippen molar-refractivity contribution < 1.29 is 33.4 Å². The Bertz CT molecular complexity index is 2190. The van der Waals surface area contributed by atoms with E-state index in [1.165, 1.54) is 18.6 Å². The summed E-state index contributed by atoms with van der Waals surface area (Å²) in [5.74, 6) is -1.51. The molecule has 12 nitrogen and oxygen atoms in total. The van der Waals surface area contributed by atoms with E-state index < -0.39 is 29.5 Å². The molecule has 1 spiro atoms. The van der Waals surface area contributed by atoms with Gasteiger partial charge in [0.25, 0.3) is 0 Å². The first-order valence-electron chi connectivity index (χ1n) is 20.6. The molecule has 306 valence electrons. The number of hydrogen-bond acceptors (Lipinski definition) is 7. The number of hydrogen-bond donors (Lipinski definition) is 4. The number of halogens is 1. The molecule has 0 unspecified atom stereocenters. The molecule has 2 saturated heterocycles. The largest absolute Gasteiger partial charge is 0.480 e. The zero-order valence-electron chi connectivity index (χ0n) is 32.9. The third kappa shape index (κ3) is 8.70. The molecule has 4 aromatic carbocycles. The van der Waals surface area contributed by atoms with E-state index in [0.717, 1.165) is 53.5 Å². The summed E-state index contributed by atoms with van der Waals surface area (Å²) in [5.41, 5.74) is 5.71. The van der Waals surface area contributed by atoms with Crippen molar-refractivity contribution in [1.82, 2.24) is 15.5 Å². The minimum atomic E-state index is -1.31. The second kappa shape index (κ2) is 17.4. The maximum Gasteiger partial charge on any atom is 0.407 e. The van der Waals surface area contributed by atoms with Gasteiger partial charge in [-0.25, -0.2) is 18.8 Å². The van der Waals surface area contributed by atoms with Crippen molar-refractivity contribution >= 4 is 41.2 Å². The zero-order valence-corrected chi connectivity index (χ0v) is 32.9. The number of urea groups is 1. The van der Waals surface area contributed by atoms with E-state index in [4.69, 9.17) is 9.73 Å². The molecule has 1 saturated carbocycles. The number of carbonyl (C=O) groups is 4. The van der Waals surface area contributed by atoms with Gasteiger partial charge in [-0.3, -0.25) is 24.9 Å². The second-order valence-electron chi connectivity index (χ2n) is 16.0. The Hall–Kier alpha value is -6.08. The number of aliphatic carboxylic acids is 1. The summed E-state index contributed by atoms with van der Waals surface area (Å²) in [6.07, 6.45) is 5.62. The van der Waals surface area contributed by atoms with Gasteiger partial charge in [-0.05, 0) is 90.3 Å². The average Bonchev–Trinajstić information content (AvgIpc) is 3.70. The summed E-state index contributed by atoms with van der Waals surface area (Å²) in [5, 5.41) is 18.1. The molecule has 4 N–H and O–H groups in total. The lowest BCUT2D eigenvalue weighted by molar-refractivity contribution is -0.139. The van der Waals surface area contributed by atoms with Crippen molar-refractivity contribution in [1.29, 1.82) is 0 Å². The van der Waals surface area contributed by atoms with Crippen LogP contribution in [0.15, 0.2) is 102 Å². The summed E-state index contributed by atoms with van der Waals surface area (Å²) >= 11 is 0. The first kappa shape index (κ1) is 39.7. The number of anilines is 2. The fourth-order valence-electron chi connectivity index (χ4n) is 9.13. The summed E-state index contributed by atoms with van der Waals surface area (Å²) in [6, 6.07) is 28.2. The molecule has 2 aliphatic heterocycles. The number of nitrogens with one attached hydrogen (secondary N) is 3. The maximum absolute atomic E-state index is 14.4. The maximum atomic E-state index is 14.4. The Kier molecular flexibility index (Phi) is 11.7. The summed E-state index contributed by atoms with van der Waals surface area (Å²) < 4.78 is 19.9. The lowest BCUT2D eigenvalue weighted by atomic mass is 9.84. The van der Waals surface area contributed by atoms with Gasteiger partial charge < -0.3 is 20.5 Å². The van der Waals surface area contributed by atoms with E-state index in [2.05, 4.69) is 20.9 Å². The van der Waals surface area contributed by atoms with Crippen molar-refractivity contribution in [3.8, 4) is 11.1 Å². The number of carboxylic acids is 1. The van der Waals surface area contributed by atoms with E-state index in [9.17, 15) is 28.7 Å². The number of benzene rings is 4. The van der Waals surface area contributed by atoms with Gasteiger partial charge in [-0.1, -0.05) is 86.0 Å². The highest BCUT2D eigenvalue weighted by Crippen LogP contribution is 2.44. The quantitative estimate of drug-likeness (QED) is 0.114. The molecule has 0 bridgehead atoms. The number of ether oxygens (including phenoxy) is 1. The number of amidine groups is 1. The van der Waals surface area contributed by atoms with Crippen LogP contribution in [0.25, 0.3) is 11.1 Å². The number of aliphatic imine (C=N–C) groups is 1. The van der Waals surface area contributed by atoms with Crippen LogP contribution in [0, 0.1) is 5.82 Å². The Morgan fingerprint density at radius 2 is 1.58 bits per heavy atom. The molecule has 4 amide bonds. The van der Waals surface area contributed by atoms with E-state index in [1.807, 2.05) is 72.8 Å². The topological polar surface area (TPSA) is 153 Å². The lowest BCUT2D eigenvalue weighted by Crippen LogP contribution is -2.57. The third-order valence-electron chi connectivity index (χ3n) is 12.2. The molecule has 3 fully saturated rings. The van der Waals surface area contributed by atoms with Gasteiger partial charge in [0.1, 0.15) is 29.8 Å². The third-order valence-corrected chi connectivity index (χ3v) is 12.2. The van der Waals surface area contributed by atoms with Gasteiger partial charge in [0.15, 0.2) is 0 Å². The fraction of sp³-hybridized carbons (Fsp3) is 0.370. The number of amides is 4. The van der Waals surface area contributed by atoms with Crippen molar-refractivity contribution in [3.63, 3.8) is 0 Å². The predicted octanol–water partition coefficient (Wildman–Crippen LogP) is 7.83. The fourth-order valence-corrected chi connectivity index (χ4v) is 9.13. The number of nitrogens with zero attached hydrogens (tertiary/aromatic N) is 3. The van der Waals surface area contributed by atoms with Gasteiger partial charge in [0.2, 0.25) is 5.91 Å². The van der Waals surface area contributed by atoms with Gasteiger partial charge in [-0.15, -0.1) is 0 Å². The molecule has 1 atom stereocenters. The number of piperidine rings is 1. The van der Waals surface area contributed by atoms with E-state index >= 15 is 0 Å². The molecule has 8 rings (SSSR count). The monoisotopic (exact) mass is 800 g/mol. The molecule has 4 aromatic rings. The average molecular weight is 801 g/mol. The van der Waals surface area contributed by atoms with E-state index in [0.29, 0.717) is 49.7 Å². The number of fused-ring (bicyclic) bond motifs is 3. The van der Waals surface area contributed by atoms with Crippen molar-refractivity contribution in [3.05, 3.63) is 120 Å². The molecule has 4 aliphatic rings. The summed E-state index contributed by atoms with van der Waals surface area (Å²) in [4.78, 5) is 60.3. The van der Waals surface area contributed by atoms with Crippen molar-refractivity contribution in [2.24, 2.45) is 4.99 Å². The molecule has 59 heavy (non-hydrogen) atoms. The van der Waals surface area contributed by atoms with Crippen molar-refractivity contribution in [2.45, 2.75) is 87.9 Å². The van der Waals surface area contributed by atoms with Crippen LogP contribution in [0.3, 0.4) is 0 Å². The van der Waals surface area contributed by atoms with E-state index in [1.54, 1.807) is 17.0 Å². The van der Waals surface area contributed by atoms with Crippen LogP contribution in [0.1, 0.15) is 80.4 Å². The highest BCUT2D eigenvalue weighted by atomic mass is 19.1. The van der Waals surface area contributed by atoms with Gasteiger partial charge >= 0.3 is 18.1 Å². The Morgan fingerprint density at radius 3 is 2.24 bits per heavy atom. The van der Waals surface area contributed by atoms with Crippen LogP contribution < -0.4 is 20.9 Å². The molecule has 2 aliphatic carbocycles. The SMILES string of the molecule is O=C(CC[C@H](NC(=O)OCC1c2ccccc2-c2ccccc21)C(=O)O)Nc1ccc(CN2CCC3(CC2)C(=NC2CCCCC2)NC(=O)N3c2cccc(F)c2)cc1. The number of rotatable bonds is 12. The Balaban J connectivity index is 0.825. The molecule has 0 aromatic heterocycles. The van der Waals surface area contributed by atoms with Crippen LogP contribution in [-0.4, -0.2) is 77.2 Å². The molecule has 2 heterocycles. The predicted molar refractivity (Wildman–Crippen MR) is 223 cm³/mol. The van der Waals surface area contributed by atoms with Crippen LogP contribution in [-0.2, 0) is 20.9 Å². The minimum absolute atomic E-state index is 0.0466. The Labute approximate surface area is 342 Å². The van der Waals surface area contributed by atoms with Crippen LogP contribution >= 0.6 is 0 Å². The highest BCUT2D eigenvalue weighted by molar-refractivity contribution is 6.19. The van der Waals surface area contributed by atoms with Gasteiger partial charge in [0, 0.05) is 43.3 Å².